The van der Waals surface area contributed by atoms with Gasteiger partial charge in [-0.05, 0) is 53.0 Å². The van der Waals surface area contributed by atoms with E-state index in [0.29, 0.717) is 19.0 Å². The molecule has 1 aromatic carbocycles. The normalized spacial score (nSPS) is 24.0. The Labute approximate surface area is 121 Å². The van der Waals surface area contributed by atoms with Crippen molar-refractivity contribution in [1.82, 2.24) is 5.32 Å². The van der Waals surface area contributed by atoms with Gasteiger partial charge in [0, 0.05) is 6.04 Å². The minimum atomic E-state index is -0.507. The first kappa shape index (κ1) is 13.2. The van der Waals surface area contributed by atoms with Crippen LogP contribution in [-0.4, -0.2) is 30.9 Å². The van der Waals surface area contributed by atoms with Gasteiger partial charge in [-0.3, -0.25) is 0 Å². The van der Waals surface area contributed by atoms with Crippen LogP contribution in [0.1, 0.15) is 30.9 Å². The Morgan fingerprint density at radius 3 is 2.89 bits per heavy atom. The molecule has 0 aromatic heterocycles. The largest absolute Gasteiger partial charge is 0.486 e. The lowest BCUT2D eigenvalue weighted by Crippen LogP contribution is -2.38. The van der Waals surface area contributed by atoms with Crippen molar-refractivity contribution in [2.45, 2.75) is 31.4 Å². The van der Waals surface area contributed by atoms with Crippen molar-refractivity contribution in [3.8, 4) is 11.5 Å². The number of rotatable bonds is 2. The van der Waals surface area contributed by atoms with Crippen molar-refractivity contribution in [3.63, 3.8) is 0 Å². The Bertz CT molecular complexity index is 460. The van der Waals surface area contributed by atoms with E-state index < -0.39 is 6.10 Å². The van der Waals surface area contributed by atoms with Crippen LogP contribution in [0, 0.1) is 0 Å². The van der Waals surface area contributed by atoms with Gasteiger partial charge in [0.25, 0.3) is 0 Å². The number of halogens is 1. The first-order valence-corrected chi connectivity index (χ1v) is 7.55. The fraction of sp³-hybridized carbons (Fsp3) is 0.571. The molecule has 1 saturated heterocycles. The maximum Gasteiger partial charge on any atom is 0.175 e. The number of fused-ring (bicyclic) bond motifs is 1. The molecule has 0 aliphatic carbocycles. The summed E-state index contributed by atoms with van der Waals surface area (Å²) in [6.07, 6.45) is 2.86. The predicted octanol–water partition coefficient (Wildman–Crippen LogP) is 2.40. The predicted molar refractivity (Wildman–Crippen MR) is 75.7 cm³/mol. The third-order valence-corrected chi connectivity index (χ3v) is 4.28. The number of benzene rings is 1. The molecule has 5 heteroatoms. The second-order valence-electron chi connectivity index (χ2n) is 5.03. The summed E-state index contributed by atoms with van der Waals surface area (Å²) in [5, 5.41) is 13.9. The number of aliphatic hydroxyl groups is 1. The Hall–Kier alpha value is -0.780. The average molecular weight is 328 g/mol. The van der Waals surface area contributed by atoms with Crippen LogP contribution >= 0.6 is 15.9 Å². The third kappa shape index (κ3) is 2.73. The van der Waals surface area contributed by atoms with E-state index in [9.17, 15) is 5.11 Å². The fourth-order valence-corrected chi connectivity index (χ4v) is 3.26. The molecule has 0 spiro atoms. The number of ether oxygens (including phenoxy) is 2. The van der Waals surface area contributed by atoms with Crippen molar-refractivity contribution in [2.24, 2.45) is 0 Å². The van der Waals surface area contributed by atoms with E-state index in [0.717, 1.165) is 28.8 Å². The Balaban J connectivity index is 1.85. The molecule has 2 aliphatic heterocycles. The molecular weight excluding hydrogens is 310 g/mol. The second-order valence-corrected chi connectivity index (χ2v) is 5.88. The van der Waals surface area contributed by atoms with E-state index in [-0.39, 0.29) is 6.04 Å². The second kappa shape index (κ2) is 5.69. The van der Waals surface area contributed by atoms with E-state index in [1.54, 1.807) is 0 Å². The maximum atomic E-state index is 10.5. The zero-order valence-corrected chi connectivity index (χ0v) is 12.3. The van der Waals surface area contributed by atoms with E-state index in [2.05, 4.69) is 21.2 Å². The molecule has 2 heterocycles. The van der Waals surface area contributed by atoms with Gasteiger partial charge in [0.05, 0.1) is 10.6 Å². The number of hydrogen-bond donors (Lipinski definition) is 2. The van der Waals surface area contributed by atoms with Gasteiger partial charge in [-0.1, -0.05) is 6.42 Å². The van der Waals surface area contributed by atoms with Gasteiger partial charge >= 0.3 is 0 Å². The van der Waals surface area contributed by atoms with Crippen LogP contribution in [0.5, 0.6) is 11.5 Å². The SMILES string of the molecule is OC(c1cc(Br)c2c(c1)OCCO2)C1CCCCN1. The molecule has 0 radical (unpaired) electrons. The lowest BCUT2D eigenvalue weighted by atomic mass is 9.94. The average Bonchev–Trinajstić information content (AvgIpc) is 2.47. The molecule has 1 aromatic rings. The lowest BCUT2D eigenvalue weighted by molar-refractivity contribution is 0.112. The van der Waals surface area contributed by atoms with Crippen LogP contribution in [0.4, 0.5) is 0 Å². The third-order valence-electron chi connectivity index (χ3n) is 3.69. The lowest BCUT2D eigenvalue weighted by Gasteiger charge is -2.29. The summed E-state index contributed by atoms with van der Waals surface area (Å²) in [4.78, 5) is 0. The highest BCUT2D eigenvalue weighted by atomic mass is 79.9. The number of hydrogen-bond acceptors (Lipinski definition) is 4. The van der Waals surface area contributed by atoms with Gasteiger partial charge in [-0.25, -0.2) is 0 Å². The maximum absolute atomic E-state index is 10.5. The molecule has 2 atom stereocenters. The van der Waals surface area contributed by atoms with Crippen molar-refractivity contribution in [2.75, 3.05) is 19.8 Å². The molecule has 2 N–H and O–H groups in total. The smallest absolute Gasteiger partial charge is 0.175 e. The van der Waals surface area contributed by atoms with Gasteiger partial charge < -0.3 is 19.9 Å². The number of aliphatic hydroxyl groups excluding tert-OH is 1. The molecule has 0 bridgehead atoms. The Kier molecular flexibility index (Phi) is 3.96. The minimum Gasteiger partial charge on any atom is -0.486 e. The van der Waals surface area contributed by atoms with Crippen LogP contribution in [0.25, 0.3) is 0 Å². The molecule has 104 valence electrons. The van der Waals surface area contributed by atoms with Gasteiger partial charge in [-0.15, -0.1) is 0 Å². The summed E-state index contributed by atoms with van der Waals surface area (Å²) in [6.45, 7) is 2.10. The molecule has 19 heavy (non-hydrogen) atoms. The van der Waals surface area contributed by atoms with Crippen molar-refractivity contribution >= 4 is 15.9 Å². The molecule has 4 nitrogen and oxygen atoms in total. The highest BCUT2D eigenvalue weighted by molar-refractivity contribution is 9.10. The highest BCUT2D eigenvalue weighted by Crippen LogP contribution is 2.40. The van der Waals surface area contributed by atoms with Crippen LogP contribution in [0.3, 0.4) is 0 Å². The van der Waals surface area contributed by atoms with E-state index >= 15 is 0 Å². The van der Waals surface area contributed by atoms with Gasteiger partial charge in [-0.2, -0.15) is 0 Å². The van der Waals surface area contributed by atoms with E-state index in [1.165, 1.54) is 12.8 Å². The number of piperidine rings is 1. The summed E-state index contributed by atoms with van der Waals surface area (Å²) in [7, 11) is 0. The molecule has 0 saturated carbocycles. The van der Waals surface area contributed by atoms with Crippen LogP contribution in [0.2, 0.25) is 0 Å². The monoisotopic (exact) mass is 327 g/mol. The molecule has 0 amide bonds. The van der Waals surface area contributed by atoms with Crippen LogP contribution in [-0.2, 0) is 0 Å². The van der Waals surface area contributed by atoms with Crippen LogP contribution < -0.4 is 14.8 Å². The van der Waals surface area contributed by atoms with Gasteiger partial charge in [0.15, 0.2) is 11.5 Å². The number of nitrogens with one attached hydrogen (secondary N) is 1. The fourth-order valence-electron chi connectivity index (χ4n) is 2.68. The Morgan fingerprint density at radius 1 is 1.26 bits per heavy atom. The molecule has 2 aliphatic rings. The zero-order valence-electron chi connectivity index (χ0n) is 10.7. The Morgan fingerprint density at radius 2 is 2.11 bits per heavy atom. The first-order chi connectivity index (χ1) is 9.25. The summed E-state index contributed by atoms with van der Waals surface area (Å²) < 4.78 is 12.0. The topological polar surface area (TPSA) is 50.7 Å². The summed E-state index contributed by atoms with van der Waals surface area (Å²) in [6, 6.07) is 3.94. The van der Waals surface area contributed by atoms with Gasteiger partial charge in [0.2, 0.25) is 0 Å². The summed E-state index contributed by atoms with van der Waals surface area (Å²) in [5.41, 5.74) is 0.871. The molecule has 1 fully saturated rings. The molecular formula is C14H18BrNO3. The van der Waals surface area contributed by atoms with Crippen molar-refractivity contribution in [1.29, 1.82) is 0 Å². The quantitative estimate of drug-likeness (QED) is 0.875. The van der Waals surface area contributed by atoms with E-state index in [4.69, 9.17) is 9.47 Å². The zero-order chi connectivity index (χ0) is 13.2. The summed E-state index contributed by atoms with van der Waals surface area (Å²) >= 11 is 3.49. The van der Waals surface area contributed by atoms with E-state index in [1.807, 2.05) is 12.1 Å². The van der Waals surface area contributed by atoms with Crippen LogP contribution in [0.15, 0.2) is 16.6 Å². The minimum absolute atomic E-state index is 0.128. The van der Waals surface area contributed by atoms with Crippen molar-refractivity contribution in [3.05, 3.63) is 22.2 Å². The highest BCUT2D eigenvalue weighted by Gasteiger charge is 2.25. The first-order valence-electron chi connectivity index (χ1n) is 6.76. The molecule has 3 rings (SSSR count). The standard InChI is InChI=1S/C14H18BrNO3/c15-10-7-9(8-12-14(10)19-6-5-18-12)13(17)11-3-1-2-4-16-11/h7-8,11,13,16-17H,1-6H2. The summed E-state index contributed by atoms with van der Waals surface area (Å²) in [5.74, 6) is 1.45. The van der Waals surface area contributed by atoms with Gasteiger partial charge in [0.1, 0.15) is 13.2 Å². The van der Waals surface area contributed by atoms with Crippen molar-refractivity contribution < 1.29 is 14.6 Å². The molecule has 2 unspecified atom stereocenters.